The molecule has 0 bridgehead atoms. The summed E-state index contributed by atoms with van der Waals surface area (Å²) in [5.74, 6) is 0. The van der Waals surface area contributed by atoms with Gasteiger partial charge in [-0.25, -0.2) is 4.31 Å². The van der Waals surface area contributed by atoms with Gasteiger partial charge in [-0.15, -0.1) is 0 Å². The third-order valence-corrected chi connectivity index (χ3v) is 4.08. The van der Waals surface area contributed by atoms with Crippen LogP contribution in [0.2, 0.25) is 0 Å². The number of ether oxygens (including phenoxy) is 1. The monoisotopic (exact) mass is 218 g/mol. The summed E-state index contributed by atoms with van der Waals surface area (Å²) in [7, 11) is 4.22. The molecule has 4 heteroatoms. The van der Waals surface area contributed by atoms with Crippen LogP contribution >= 0.6 is 11.9 Å². The summed E-state index contributed by atoms with van der Waals surface area (Å²) in [6.45, 7) is 7.39. The zero-order valence-corrected chi connectivity index (χ0v) is 10.7. The number of nitrogens with zero attached hydrogens (tertiary/aromatic N) is 2. The minimum Gasteiger partial charge on any atom is -0.374 e. The average molecular weight is 218 g/mol. The van der Waals surface area contributed by atoms with E-state index in [1.165, 1.54) is 0 Å². The molecule has 0 aromatic carbocycles. The van der Waals surface area contributed by atoms with Crippen LogP contribution in [0.3, 0.4) is 0 Å². The molecule has 3 nitrogen and oxygen atoms in total. The van der Waals surface area contributed by atoms with E-state index in [1.807, 2.05) is 11.9 Å². The summed E-state index contributed by atoms with van der Waals surface area (Å²) in [4.78, 5) is 2.24. The average Bonchev–Trinajstić information content (AvgIpc) is 2.17. The molecular formula is C10H22N2OS. The first-order chi connectivity index (χ1) is 6.48. The van der Waals surface area contributed by atoms with Gasteiger partial charge in [0.15, 0.2) is 0 Å². The van der Waals surface area contributed by atoms with Crippen molar-refractivity contribution in [2.75, 3.05) is 40.0 Å². The molecule has 1 fully saturated rings. The lowest BCUT2D eigenvalue weighted by Crippen LogP contribution is -2.56. The molecule has 1 rings (SSSR count). The zero-order chi connectivity index (χ0) is 10.8. The third-order valence-electron chi connectivity index (χ3n) is 3.23. The Morgan fingerprint density at radius 2 is 2.07 bits per heavy atom. The molecular weight excluding hydrogens is 196 g/mol. The van der Waals surface area contributed by atoms with E-state index >= 15 is 0 Å². The van der Waals surface area contributed by atoms with Crippen LogP contribution in [0.25, 0.3) is 0 Å². The standard InChI is InChI=1S/C10H22N2OS/c1-10(2,11(3)4)9-8-12(14-5)6-7-13-9/h9H,6-8H2,1-5H3. The van der Waals surface area contributed by atoms with Gasteiger partial charge in [0, 0.05) is 18.6 Å². The first-order valence-corrected chi connectivity index (χ1v) is 6.24. The highest BCUT2D eigenvalue weighted by Gasteiger charge is 2.35. The van der Waals surface area contributed by atoms with E-state index in [4.69, 9.17) is 4.74 Å². The fourth-order valence-electron chi connectivity index (χ4n) is 1.51. The van der Waals surface area contributed by atoms with Crippen molar-refractivity contribution in [1.82, 2.24) is 9.21 Å². The number of hydrogen-bond donors (Lipinski definition) is 0. The maximum atomic E-state index is 5.84. The van der Waals surface area contributed by atoms with Gasteiger partial charge in [-0.3, -0.25) is 0 Å². The lowest BCUT2D eigenvalue weighted by Gasteiger charge is -2.44. The Morgan fingerprint density at radius 3 is 2.57 bits per heavy atom. The lowest BCUT2D eigenvalue weighted by atomic mass is 9.95. The maximum absolute atomic E-state index is 5.84. The highest BCUT2D eigenvalue weighted by molar-refractivity contribution is 7.96. The molecule has 1 heterocycles. The Kier molecular flexibility index (Phi) is 4.25. The number of likely N-dealkylation sites (N-methyl/N-ethyl adjacent to an activating group) is 1. The SMILES string of the molecule is CSN1CCOC(C(C)(C)N(C)C)C1. The third kappa shape index (κ3) is 2.63. The molecule has 1 unspecified atom stereocenters. The molecule has 0 amide bonds. The molecule has 0 radical (unpaired) electrons. The summed E-state index contributed by atoms with van der Waals surface area (Å²) in [5, 5.41) is 0. The lowest BCUT2D eigenvalue weighted by molar-refractivity contribution is -0.0738. The second-order valence-corrected chi connectivity index (χ2v) is 5.36. The van der Waals surface area contributed by atoms with Crippen LogP contribution in [0.4, 0.5) is 0 Å². The van der Waals surface area contributed by atoms with Crippen molar-refractivity contribution < 1.29 is 4.74 Å². The van der Waals surface area contributed by atoms with Gasteiger partial charge in [-0.2, -0.15) is 0 Å². The van der Waals surface area contributed by atoms with Gasteiger partial charge in [0.05, 0.1) is 12.7 Å². The molecule has 0 N–H and O–H groups in total. The second-order valence-electron chi connectivity index (χ2n) is 4.48. The molecule has 1 aliphatic heterocycles. The molecule has 84 valence electrons. The molecule has 1 atom stereocenters. The summed E-state index contributed by atoms with van der Waals surface area (Å²) in [6, 6.07) is 0. The van der Waals surface area contributed by atoms with Crippen LogP contribution in [-0.2, 0) is 4.74 Å². The van der Waals surface area contributed by atoms with E-state index in [0.29, 0.717) is 6.10 Å². The van der Waals surface area contributed by atoms with Gasteiger partial charge in [-0.05, 0) is 34.2 Å². The van der Waals surface area contributed by atoms with Crippen molar-refractivity contribution in [3.8, 4) is 0 Å². The predicted molar refractivity (Wildman–Crippen MR) is 62.6 cm³/mol. The molecule has 1 saturated heterocycles. The summed E-state index contributed by atoms with van der Waals surface area (Å²) in [6.07, 6.45) is 2.43. The van der Waals surface area contributed by atoms with E-state index in [9.17, 15) is 0 Å². The van der Waals surface area contributed by atoms with Gasteiger partial charge in [0.1, 0.15) is 0 Å². The first kappa shape index (κ1) is 12.3. The van der Waals surface area contributed by atoms with Crippen LogP contribution in [-0.4, -0.2) is 60.9 Å². The normalized spacial score (nSPS) is 25.7. The zero-order valence-electron chi connectivity index (χ0n) is 9.91. The number of morpholine rings is 1. The van der Waals surface area contributed by atoms with E-state index in [2.05, 4.69) is 43.4 Å². The van der Waals surface area contributed by atoms with Crippen LogP contribution in [0.5, 0.6) is 0 Å². The molecule has 14 heavy (non-hydrogen) atoms. The molecule has 1 aliphatic rings. The van der Waals surface area contributed by atoms with Gasteiger partial charge >= 0.3 is 0 Å². The van der Waals surface area contributed by atoms with E-state index in [0.717, 1.165) is 19.7 Å². The largest absolute Gasteiger partial charge is 0.374 e. The van der Waals surface area contributed by atoms with Gasteiger partial charge < -0.3 is 9.64 Å². The van der Waals surface area contributed by atoms with Crippen molar-refractivity contribution >= 4 is 11.9 Å². The topological polar surface area (TPSA) is 15.7 Å². The van der Waals surface area contributed by atoms with Crippen LogP contribution in [0, 0.1) is 0 Å². The number of hydrogen-bond acceptors (Lipinski definition) is 4. The minimum atomic E-state index is 0.106. The number of rotatable bonds is 3. The van der Waals surface area contributed by atoms with E-state index < -0.39 is 0 Å². The Balaban J connectivity index is 2.59. The van der Waals surface area contributed by atoms with Crippen molar-refractivity contribution in [3.05, 3.63) is 0 Å². The van der Waals surface area contributed by atoms with Gasteiger partial charge in [0.2, 0.25) is 0 Å². The Bertz CT molecular complexity index is 185. The fourth-order valence-corrected chi connectivity index (χ4v) is 2.05. The molecule has 0 saturated carbocycles. The van der Waals surface area contributed by atoms with Gasteiger partial charge in [-0.1, -0.05) is 11.9 Å². The van der Waals surface area contributed by atoms with Crippen LogP contribution in [0.1, 0.15) is 13.8 Å². The highest BCUT2D eigenvalue weighted by Crippen LogP contribution is 2.24. The highest BCUT2D eigenvalue weighted by atomic mass is 32.2. The van der Waals surface area contributed by atoms with Crippen LogP contribution < -0.4 is 0 Å². The Hall–Kier alpha value is 0.230. The Labute approximate surface area is 91.9 Å². The fraction of sp³-hybridized carbons (Fsp3) is 1.00. The molecule has 0 aromatic rings. The summed E-state index contributed by atoms with van der Waals surface area (Å²) < 4.78 is 8.21. The summed E-state index contributed by atoms with van der Waals surface area (Å²) >= 11 is 1.81. The molecule has 0 aliphatic carbocycles. The minimum absolute atomic E-state index is 0.106. The van der Waals surface area contributed by atoms with E-state index in [-0.39, 0.29) is 5.54 Å². The maximum Gasteiger partial charge on any atom is 0.0889 e. The van der Waals surface area contributed by atoms with Crippen molar-refractivity contribution in [1.29, 1.82) is 0 Å². The van der Waals surface area contributed by atoms with Crippen LogP contribution in [0.15, 0.2) is 0 Å². The summed E-state index contributed by atoms with van der Waals surface area (Å²) in [5.41, 5.74) is 0.106. The van der Waals surface area contributed by atoms with Gasteiger partial charge in [0.25, 0.3) is 0 Å². The van der Waals surface area contributed by atoms with Crippen molar-refractivity contribution in [2.24, 2.45) is 0 Å². The molecule has 0 aromatic heterocycles. The first-order valence-electron chi connectivity index (χ1n) is 5.06. The smallest absolute Gasteiger partial charge is 0.0889 e. The quantitative estimate of drug-likeness (QED) is 0.663. The van der Waals surface area contributed by atoms with Crippen molar-refractivity contribution in [3.63, 3.8) is 0 Å². The molecule has 0 spiro atoms. The predicted octanol–water partition coefficient (Wildman–Crippen LogP) is 1.31. The Morgan fingerprint density at radius 1 is 1.43 bits per heavy atom. The van der Waals surface area contributed by atoms with Crippen molar-refractivity contribution in [2.45, 2.75) is 25.5 Å². The van der Waals surface area contributed by atoms with E-state index in [1.54, 1.807) is 0 Å². The second kappa shape index (κ2) is 4.84.